The number of halogens is 3. The molecule has 1 aromatic carbocycles. The highest BCUT2D eigenvalue weighted by atomic mass is 79.9. The molecule has 0 bridgehead atoms. The van der Waals surface area contributed by atoms with E-state index in [4.69, 9.17) is 11.6 Å². The first-order valence-corrected chi connectivity index (χ1v) is 8.05. The summed E-state index contributed by atoms with van der Waals surface area (Å²) in [5.41, 5.74) is 2.48. The molecule has 0 nitrogen and oxygen atoms in total. The molecule has 0 radical (unpaired) electrons. The normalized spacial score (nSPS) is 12.8. The standard InChI is InChI=1S/C13H11Br2ClS/c1-7-3-4-9(16)5-10(7)13(15)12-6-11(14)8(2)17-12/h3-6,13H,1-2H3. The lowest BCUT2D eigenvalue weighted by Gasteiger charge is -2.11. The Morgan fingerprint density at radius 1 is 1.24 bits per heavy atom. The zero-order valence-corrected chi connectivity index (χ0v) is 14.2. The number of aryl methyl sites for hydroxylation is 2. The van der Waals surface area contributed by atoms with E-state index in [2.05, 4.69) is 57.8 Å². The summed E-state index contributed by atoms with van der Waals surface area (Å²) in [6.07, 6.45) is 0. The number of hydrogen-bond acceptors (Lipinski definition) is 1. The second-order valence-electron chi connectivity index (χ2n) is 3.92. The van der Waals surface area contributed by atoms with E-state index in [1.165, 1.54) is 25.4 Å². The molecule has 2 rings (SSSR count). The first-order chi connectivity index (χ1) is 7.99. The maximum atomic E-state index is 6.06. The molecule has 1 heterocycles. The molecule has 0 N–H and O–H groups in total. The number of rotatable bonds is 2. The van der Waals surface area contributed by atoms with Crippen molar-refractivity contribution in [1.29, 1.82) is 0 Å². The maximum absolute atomic E-state index is 6.06. The zero-order chi connectivity index (χ0) is 12.6. The molecule has 0 spiro atoms. The van der Waals surface area contributed by atoms with Gasteiger partial charge in [0.1, 0.15) is 0 Å². The fourth-order valence-corrected chi connectivity index (χ4v) is 4.29. The Kier molecular flexibility index (Phi) is 4.35. The highest BCUT2D eigenvalue weighted by Crippen LogP contribution is 2.40. The number of alkyl halides is 1. The Morgan fingerprint density at radius 2 is 1.94 bits per heavy atom. The third-order valence-electron chi connectivity index (χ3n) is 2.64. The molecule has 0 fully saturated rings. The molecular formula is C13H11Br2ClS. The fraction of sp³-hybridized carbons (Fsp3) is 0.231. The van der Waals surface area contributed by atoms with E-state index < -0.39 is 0 Å². The second kappa shape index (κ2) is 5.43. The van der Waals surface area contributed by atoms with Crippen molar-refractivity contribution in [2.75, 3.05) is 0 Å². The van der Waals surface area contributed by atoms with Crippen molar-refractivity contribution in [2.24, 2.45) is 0 Å². The maximum Gasteiger partial charge on any atom is 0.0741 e. The molecule has 0 saturated heterocycles. The average Bonchev–Trinajstić information content (AvgIpc) is 2.62. The molecule has 1 aromatic heterocycles. The molecule has 17 heavy (non-hydrogen) atoms. The minimum absolute atomic E-state index is 0.205. The lowest BCUT2D eigenvalue weighted by atomic mass is 10.1. The van der Waals surface area contributed by atoms with Gasteiger partial charge in [-0.2, -0.15) is 0 Å². The fourth-order valence-electron chi connectivity index (χ4n) is 1.64. The van der Waals surface area contributed by atoms with Gasteiger partial charge in [-0.25, -0.2) is 0 Å². The van der Waals surface area contributed by atoms with Crippen LogP contribution in [0.15, 0.2) is 28.7 Å². The Hall–Kier alpha value is 0.170. The summed E-state index contributed by atoms with van der Waals surface area (Å²) in [4.78, 5) is 2.79. The summed E-state index contributed by atoms with van der Waals surface area (Å²) in [5.74, 6) is 0. The van der Waals surface area contributed by atoms with Crippen LogP contribution in [0.4, 0.5) is 0 Å². The molecule has 1 atom stereocenters. The molecule has 90 valence electrons. The van der Waals surface area contributed by atoms with Crippen LogP contribution in [0.2, 0.25) is 5.02 Å². The van der Waals surface area contributed by atoms with Crippen LogP contribution >= 0.6 is 54.8 Å². The predicted octanol–water partition coefficient (Wildman–Crippen LogP) is 6.27. The van der Waals surface area contributed by atoms with Crippen LogP contribution in [0, 0.1) is 13.8 Å². The molecule has 4 heteroatoms. The van der Waals surface area contributed by atoms with E-state index in [0.29, 0.717) is 0 Å². The number of thiophene rings is 1. The van der Waals surface area contributed by atoms with Crippen molar-refractivity contribution in [3.63, 3.8) is 0 Å². The van der Waals surface area contributed by atoms with Crippen molar-refractivity contribution < 1.29 is 0 Å². The Bertz CT molecular complexity index is 529. The molecule has 0 saturated carbocycles. The van der Waals surface area contributed by atoms with Crippen molar-refractivity contribution in [3.05, 3.63) is 54.6 Å². The summed E-state index contributed by atoms with van der Waals surface area (Å²) >= 11 is 15.2. The monoisotopic (exact) mass is 392 g/mol. The van der Waals surface area contributed by atoms with Crippen LogP contribution in [0.25, 0.3) is 0 Å². The van der Waals surface area contributed by atoms with Gasteiger partial charge in [0.25, 0.3) is 0 Å². The smallest absolute Gasteiger partial charge is 0.0741 e. The third-order valence-corrected chi connectivity index (χ3v) is 6.37. The van der Waals surface area contributed by atoms with E-state index in [9.17, 15) is 0 Å². The molecule has 0 aliphatic heterocycles. The molecule has 0 amide bonds. The van der Waals surface area contributed by atoms with Gasteiger partial charge in [-0.3, -0.25) is 0 Å². The summed E-state index contributed by atoms with van der Waals surface area (Å²) in [6, 6.07) is 8.18. The quantitative estimate of drug-likeness (QED) is 0.527. The molecule has 0 aliphatic rings. The minimum Gasteiger partial charge on any atom is -0.143 e. The highest BCUT2D eigenvalue weighted by molar-refractivity contribution is 9.10. The second-order valence-corrected chi connectivity index (χ2v) is 7.41. The van der Waals surface area contributed by atoms with Crippen LogP contribution in [-0.2, 0) is 0 Å². The third kappa shape index (κ3) is 2.95. The van der Waals surface area contributed by atoms with Gasteiger partial charge >= 0.3 is 0 Å². The topological polar surface area (TPSA) is 0 Å². The van der Waals surface area contributed by atoms with Crippen molar-refractivity contribution in [3.8, 4) is 0 Å². The van der Waals surface area contributed by atoms with Crippen LogP contribution < -0.4 is 0 Å². The minimum atomic E-state index is 0.205. The van der Waals surface area contributed by atoms with Crippen molar-refractivity contribution in [1.82, 2.24) is 0 Å². The van der Waals surface area contributed by atoms with Gasteiger partial charge in [0.2, 0.25) is 0 Å². The molecule has 2 aromatic rings. The van der Waals surface area contributed by atoms with Gasteiger partial charge in [0.05, 0.1) is 4.83 Å². The number of benzene rings is 1. The number of hydrogen-bond donors (Lipinski definition) is 0. The van der Waals surface area contributed by atoms with Crippen LogP contribution in [0.3, 0.4) is 0 Å². The van der Waals surface area contributed by atoms with Crippen LogP contribution in [0.5, 0.6) is 0 Å². The average molecular weight is 395 g/mol. The summed E-state index contributed by atoms with van der Waals surface area (Å²) in [6.45, 7) is 4.22. The molecular weight excluding hydrogens is 383 g/mol. The van der Waals surface area contributed by atoms with Crippen LogP contribution in [-0.4, -0.2) is 0 Å². The summed E-state index contributed by atoms with van der Waals surface area (Å²) in [5, 5.41) is 0.780. The predicted molar refractivity (Wildman–Crippen MR) is 83.7 cm³/mol. The summed E-state index contributed by atoms with van der Waals surface area (Å²) < 4.78 is 1.17. The van der Waals surface area contributed by atoms with E-state index in [1.54, 1.807) is 11.3 Å². The highest BCUT2D eigenvalue weighted by Gasteiger charge is 2.16. The Labute approximate surface area is 127 Å². The Balaban J connectivity index is 2.42. The Morgan fingerprint density at radius 3 is 2.53 bits per heavy atom. The van der Waals surface area contributed by atoms with E-state index in [-0.39, 0.29) is 4.83 Å². The van der Waals surface area contributed by atoms with Gasteiger partial charge < -0.3 is 0 Å². The lowest BCUT2D eigenvalue weighted by Crippen LogP contribution is -1.93. The largest absolute Gasteiger partial charge is 0.143 e. The first-order valence-electron chi connectivity index (χ1n) is 5.15. The van der Waals surface area contributed by atoms with Crippen molar-refractivity contribution >= 4 is 54.8 Å². The van der Waals surface area contributed by atoms with Gasteiger partial charge in [0.15, 0.2) is 0 Å². The molecule has 1 unspecified atom stereocenters. The van der Waals surface area contributed by atoms with Crippen LogP contribution in [0.1, 0.15) is 25.7 Å². The molecule has 0 aliphatic carbocycles. The van der Waals surface area contributed by atoms with E-state index in [0.717, 1.165) is 5.02 Å². The van der Waals surface area contributed by atoms with Gasteiger partial charge in [-0.15, -0.1) is 11.3 Å². The van der Waals surface area contributed by atoms with Crippen molar-refractivity contribution in [2.45, 2.75) is 18.7 Å². The summed E-state index contributed by atoms with van der Waals surface area (Å²) in [7, 11) is 0. The lowest BCUT2D eigenvalue weighted by molar-refractivity contribution is 1.18. The van der Waals surface area contributed by atoms with Gasteiger partial charge in [-0.1, -0.05) is 33.6 Å². The first kappa shape index (κ1) is 13.6. The van der Waals surface area contributed by atoms with Gasteiger partial charge in [0, 0.05) is 19.2 Å². The SMILES string of the molecule is Cc1ccc(Cl)cc1C(Br)c1cc(Br)c(C)s1. The van der Waals surface area contributed by atoms with Gasteiger partial charge in [-0.05, 0) is 59.1 Å². The van der Waals surface area contributed by atoms with E-state index in [1.807, 2.05) is 12.1 Å². The van der Waals surface area contributed by atoms with E-state index >= 15 is 0 Å². The zero-order valence-electron chi connectivity index (χ0n) is 9.43.